The number of carboxylic acid groups (broad SMARTS) is 1. The molecule has 1 aliphatic heterocycles. The smallest absolute Gasteiger partial charge is 0.309 e. The van der Waals surface area contributed by atoms with Gasteiger partial charge < -0.3 is 9.84 Å². The van der Waals surface area contributed by atoms with Crippen molar-refractivity contribution >= 4 is 5.97 Å². The van der Waals surface area contributed by atoms with Crippen molar-refractivity contribution < 1.29 is 14.6 Å². The van der Waals surface area contributed by atoms with Crippen LogP contribution in [-0.2, 0) is 11.3 Å². The Hall–Kier alpha value is -1.55. The van der Waals surface area contributed by atoms with Gasteiger partial charge in [0.1, 0.15) is 5.75 Å². The van der Waals surface area contributed by atoms with E-state index in [-0.39, 0.29) is 5.92 Å². The van der Waals surface area contributed by atoms with Crippen LogP contribution in [-0.4, -0.2) is 35.7 Å². The first kappa shape index (κ1) is 16.3. The van der Waals surface area contributed by atoms with Crippen LogP contribution in [0.2, 0.25) is 0 Å². The molecule has 1 heterocycles. The minimum absolute atomic E-state index is 0.186. The molecule has 1 aromatic carbocycles. The summed E-state index contributed by atoms with van der Waals surface area (Å²) in [5.74, 6) is 0.848. The summed E-state index contributed by atoms with van der Waals surface area (Å²) in [6.07, 6.45) is 6.68. The molecule has 1 aromatic rings. The molecule has 0 aromatic heterocycles. The predicted octanol–water partition coefficient (Wildman–Crippen LogP) is 3.47. The number of carbonyl (C=O) groups is 1. The van der Waals surface area contributed by atoms with Gasteiger partial charge in [-0.15, -0.1) is 0 Å². The second kappa shape index (κ2) is 7.35. The zero-order chi connectivity index (χ0) is 16.2. The van der Waals surface area contributed by atoms with Crippen molar-refractivity contribution in [3.8, 4) is 5.75 Å². The van der Waals surface area contributed by atoms with Gasteiger partial charge in [-0.1, -0.05) is 31.4 Å². The predicted molar refractivity (Wildman–Crippen MR) is 89.7 cm³/mol. The van der Waals surface area contributed by atoms with Crippen molar-refractivity contribution in [2.24, 2.45) is 11.8 Å². The van der Waals surface area contributed by atoms with Crippen LogP contribution in [0.1, 0.15) is 43.2 Å². The number of aryl methyl sites for hydroxylation is 1. The molecule has 0 radical (unpaired) electrons. The summed E-state index contributed by atoms with van der Waals surface area (Å²) < 4.78 is 6.03. The fourth-order valence-electron chi connectivity index (χ4n) is 3.65. The molecule has 2 fully saturated rings. The van der Waals surface area contributed by atoms with E-state index >= 15 is 0 Å². The lowest BCUT2D eigenvalue weighted by Crippen LogP contribution is -2.49. The van der Waals surface area contributed by atoms with Crippen molar-refractivity contribution in [3.05, 3.63) is 29.3 Å². The number of rotatable bonds is 6. The SMILES string of the molecule is Cc1cc(CN2CC(C(=O)O)C2)ccc1OCC1CCCCC1. The molecule has 1 aliphatic carbocycles. The van der Waals surface area contributed by atoms with Crippen molar-refractivity contribution in [1.29, 1.82) is 0 Å². The molecule has 0 spiro atoms. The van der Waals surface area contributed by atoms with Crippen LogP contribution in [0.3, 0.4) is 0 Å². The van der Waals surface area contributed by atoms with Gasteiger partial charge in [-0.2, -0.15) is 0 Å². The standard InChI is InChI=1S/C19H27NO3/c1-14-9-16(10-20-11-17(12-20)19(21)22)7-8-18(14)23-13-15-5-3-2-4-6-15/h7-9,15,17H,2-6,10-13H2,1H3,(H,21,22). The molecular formula is C19H27NO3. The molecule has 126 valence electrons. The van der Waals surface area contributed by atoms with Crippen LogP contribution in [0, 0.1) is 18.8 Å². The number of hydrogen-bond donors (Lipinski definition) is 1. The molecule has 3 rings (SSSR count). The Morgan fingerprint density at radius 3 is 2.65 bits per heavy atom. The van der Waals surface area contributed by atoms with E-state index in [4.69, 9.17) is 9.84 Å². The Morgan fingerprint density at radius 1 is 1.26 bits per heavy atom. The average Bonchev–Trinajstić information content (AvgIpc) is 2.50. The maximum atomic E-state index is 10.8. The second-order valence-corrected chi connectivity index (χ2v) is 7.14. The molecule has 1 saturated heterocycles. The van der Waals surface area contributed by atoms with Crippen LogP contribution < -0.4 is 4.74 Å². The van der Waals surface area contributed by atoms with Crippen molar-refractivity contribution in [3.63, 3.8) is 0 Å². The molecule has 4 heteroatoms. The van der Waals surface area contributed by atoms with Crippen LogP contribution in [0.15, 0.2) is 18.2 Å². The van der Waals surface area contributed by atoms with Gasteiger partial charge in [-0.25, -0.2) is 0 Å². The van der Waals surface area contributed by atoms with Gasteiger partial charge in [0.05, 0.1) is 12.5 Å². The lowest BCUT2D eigenvalue weighted by Gasteiger charge is -2.36. The fourth-order valence-corrected chi connectivity index (χ4v) is 3.65. The Morgan fingerprint density at radius 2 is 2.00 bits per heavy atom. The molecule has 1 saturated carbocycles. The van der Waals surface area contributed by atoms with Gasteiger partial charge in [0.2, 0.25) is 0 Å². The highest BCUT2D eigenvalue weighted by atomic mass is 16.5. The number of ether oxygens (including phenoxy) is 1. The van der Waals surface area contributed by atoms with Gasteiger partial charge in [-0.05, 0) is 42.9 Å². The molecular weight excluding hydrogens is 290 g/mol. The summed E-state index contributed by atoms with van der Waals surface area (Å²) in [7, 11) is 0. The zero-order valence-corrected chi connectivity index (χ0v) is 14.0. The van der Waals surface area contributed by atoms with Crippen LogP contribution in [0.5, 0.6) is 5.75 Å². The highest BCUT2D eigenvalue weighted by Crippen LogP contribution is 2.27. The minimum atomic E-state index is -0.677. The Labute approximate surface area is 138 Å². The number of aliphatic carboxylic acids is 1. The summed E-state index contributed by atoms with van der Waals surface area (Å²) in [6.45, 7) is 5.08. The molecule has 0 amide bonds. The summed E-state index contributed by atoms with van der Waals surface area (Å²) in [5, 5.41) is 8.92. The van der Waals surface area contributed by atoms with Crippen molar-refractivity contribution in [1.82, 2.24) is 4.90 Å². The third-order valence-corrected chi connectivity index (χ3v) is 5.15. The molecule has 1 N–H and O–H groups in total. The van der Waals surface area contributed by atoms with E-state index in [0.717, 1.165) is 24.8 Å². The Kier molecular flexibility index (Phi) is 5.21. The maximum Gasteiger partial charge on any atom is 0.309 e. The maximum absolute atomic E-state index is 10.8. The first-order valence-electron chi connectivity index (χ1n) is 8.79. The van der Waals surface area contributed by atoms with E-state index in [1.54, 1.807) is 0 Å². The third-order valence-electron chi connectivity index (χ3n) is 5.15. The Balaban J connectivity index is 1.48. The van der Waals surface area contributed by atoms with E-state index in [2.05, 4.69) is 30.0 Å². The highest BCUT2D eigenvalue weighted by molar-refractivity contribution is 5.71. The van der Waals surface area contributed by atoms with Gasteiger partial charge in [0, 0.05) is 19.6 Å². The van der Waals surface area contributed by atoms with Gasteiger partial charge in [-0.3, -0.25) is 9.69 Å². The molecule has 4 nitrogen and oxygen atoms in total. The van der Waals surface area contributed by atoms with Crippen LogP contribution in [0.25, 0.3) is 0 Å². The van der Waals surface area contributed by atoms with Crippen LogP contribution in [0.4, 0.5) is 0 Å². The Bertz CT molecular complexity index is 546. The van der Waals surface area contributed by atoms with Gasteiger partial charge in [0.15, 0.2) is 0 Å². The number of nitrogens with zero attached hydrogens (tertiary/aromatic N) is 1. The number of benzene rings is 1. The van der Waals surface area contributed by atoms with E-state index in [0.29, 0.717) is 13.1 Å². The lowest BCUT2D eigenvalue weighted by atomic mass is 9.90. The molecule has 2 aliphatic rings. The third kappa shape index (κ3) is 4.25. The first-order valence-corrected chi connectivity index (χ1v) is 8.79. The molecule has 0 unspecified atom stereocenters. The summed E-state index contributed by atoms with van der Waals surface area (Å²) in [6, 6.07) is 6.35. The summed E-state index contributed by atoms with van der Waals surface area (Å²) >= 11 is 0. The van der Waals surface area contributed by atoms with Gasteiger partial charge >= 0.3 is 5.97 Å². The summed E-state index contributed by atoms with van der Waals surface area (Å²) in [5.41, 5.74) is 2.41. The van der Waals surface area contributed by atoms with E-state index < -0.39 is 5.97 Å². The minimum Gasteiger partial charge on any atom is -0.493 e. The highest BCUT2D eigenvalue weighted by Gasteiger charge is 2.32. The van der Waals surface area contributed by atoms with Crippen molar-refractivity contribution in [2.45, 2.75) is 45.6 Å². The molecule has 23 heavy (non-hydrogen) atoms. The largest absolute Gasteiger partial charge is 0.493 e. The van der Waals surface area contributed by atoms with E-state index in [1.165, 1.54) is 43.2 Å². The van der Waals surface area contributed by atoms with Crippen molar-refractivity contribution in [2.75, 3.05) is 19.7 Å². The number of likely N-dealkylation sites (tertiary alicyclic amines) is 1. The topological polar surface area (TPSA) is 49.8 Å². The van der Waals surface area contributed by atoms with Crippen LogP contribution >= 0.6 is 0 Å². The first-order chi connectivity index (χ1) is 11.1. The monoisotopic (exact) mass is 317 g/mol. The van der Waals surface area contributed by atoms with E-state index in [1.807, 2.05) is 0 Å². The number of hydrogen-bond acceptors (Lipinski definition) is 3. The second-order valence-electron chi connectivity index (χ2n) is 7.14. The molecule has 0 atom stereocenters. The summed E-state index contributed by atoms with van der Waals surface area (Å²) in [4.78, 5) is 13.0. The van der Waals surface area contributed by atoms with E-state index in [9.17, 15) is 4.79 Å². The zero-order valence-electron chi connectivity index (χ0n) is 14.0. The average molecular weight is 317 g/mol. The lowest BCUT2D eigenvalue weighted by molar-refractivity contribution is -0.147. The quantitative estimate of drug-likeness (QED) is 0.873. The number of carboxylic acids is 1. The normalized spacial score (nSPS) is 20.2. The van der Waals surface area contributed by atoms with Gasteiger partial charge in [0.25, 0.3) is 0 Å². The fraction of sp³-hybridized carbons (Fsp3) is 0.632. The molecule has 0 bridgehead atoms.